The Bertz CT molecular complexity index is 395. The minimum atomic E-state index is 0.243. The molecule has 14 heavy (non-hydrogen) atoms. The zero-order valence-electron chi connectivity index (χ0n) is 9.09. The van der Waals surface area contributed by atoms with Gasteiger partial charge < -0.3 is 5.73 Å². The van der Waals surface area contributed by atoms with Crippen LogP contribution in [0.2, 0.25) is 0 Å². The summed E-state index contributed by atoms with van der Waals surface area (Å²) in [4.78, 5) is 0. The molecule has 1 nitrogen and oxygen atoms in total. The van der Waals surface area contributed by atoms with Crippen LogP contribution in [0.3, 0.4) is 0 Å². The van der Waals surface area contributed by atoms with Crippen molar-refractivity contribution < 1.29 is 0 Å². The largest absolute Gasteiger partial charge is 0.402 e. The summed E-state index contributed by atoms with van der Waals surface area (Å²) in [5, 5.41) is 0. The number of rotatable bonds is 0. The summed E-state index contributed by atoms with van der Waals surface area (Å²) in [6.45, 7) is 6.55. The Morgan fingerprint density at radius 2 is 1.93 bits per heavy atom. The van der Waals surface area contributed by atoms with E-state index in [1.54, 1.807) is 0 Å². The van der Waals surface area contributed by atoms with Crippen LogP contribution in [0.15, 0.2) is 30.0 Å². The molecule has 1 aliphatic rings. The first-order valence-electron chi connectivity index (χ1n) is 5.07. The van der Waals surface area contributed by atoms with Crippen LogP contribution in [0.5, 0.6) is 0 Å². The second-order valence-corrected chi connectivity index (χ2v) is 4.77. The lowest BCUT2D eigenvalue weighted by Gasteiger charge is -2.17. The Labute approximate surface area is 85.6 Å². The molecule has 0 atom stereocenters. The summed E-state index contributed by atoms with van der Waals surface area (Å²) in [5.41, 5.74) is 11.2. The molecule has 1 aromatic rings. The molecule has 0 aromatic heterocycles. The van der Waals surface area contributed by atoms with Gasteiger partial charge in [-0.05, 0) is 35.5 Å². The molecule has 0 heterocycles. The second kappa shape index (κ2) is 2.88. The SMILES string of the molecule is C/C(N)=C1\CC(C)(C)c2ccccc21. The van der Waals surface area contributed by atoms with Gasteiger partial charge in [0, 0.05) is 5.70 Å². The molecule has 74 valence electrons. The first-order valence-corrected chi connectivity index (χ1v) is 5.07. The van der Waals surface area contributed by atoms with E-state index < -0.39 is 0 Å². The van der Waals surface area contributed by atoms with Crippen molar-refractivity contribution in [1.29, 1.82) is 0 Å². The number of fused-ring (bicyclic) bond motifs is 1. The summed E-state index contributed by atoms with van der Waals surface area (Å²) in [6, 6.07) is 8.58. The molecule has 1 aliphatic carbocycles. The molecule has 0 saturated heterocycles. The Morgan fingerprint density at radius 3 is 2.57 bits per heavy atom. The topological polar surface area (TPSA) is 26.0 Å². The molecule has 0 fully saturated rings. The Hall–Kier alpha value is -1.24. The molecule has 0 unspecified atom stereocenters. The fourth-order valence-corrected chi connectivity index (χ4v) is 2.32. The van der Waals surface area contributed by atoms with Crippen molar-refractivity contribution in [1.82, 2.24) is 0 Å². The van der Waals surface area contributed by atoms with Gasteiger partial charge in [-0.2, -0.15) is 0 Å². The van der Waals surface area contributed by atoms with E-state index in [4.69, 9.17) is 5.73 Å². The van der Waals surface area contributed by atoms with Crippen molar-refractivity contribution in [3.63, 3.8) is 0 Å². The van der Waals surface area contributed by atoms with E-state index in [0.717, 1.165) is 12.1 Å². The van der Waals surface area contributed by atoms with Gasteiger partial charge in [0.25, 0.3) is 0 Å². The van der Waals surface area contributed by atoms with Gasteiger partial charge in [-0.15, -0.1) is 0 Å². The van der Waals surface area contributed by atoms with E-state index in [1.165, 1.54) is 16.7 Å². The van der Waals surface area contributed by atoms with Crippen LogP contribution >= 0.6 is 0 Å². The lowest BCUT2D eigenvalue weighted by molar-refractivity contribution is 0.562. The minimum absolute atomic E-state index is 0.243. The first kappa shape index (κ1) is 9.32. The fraction of sp³-hybridized carbons (Fsp3) is 0.385. The van der Waals surface area contributed by atoms with Crippen molar-refractivity contribution in [2.45, 2.75) is 32.6 Å². The smallest absolute Gasteiger partial charge is 0.00878 e. The molecule has 0 bridgehead atoms. The molecule has 2 N–H and O–H groups in total. The number of hydrogen-bond donors (Lipinski definition) is 1. The highest BCUT2D eigenvalue weighted by Crippen LogP contribution is 2.45. The average Bonchev–Trinajstić information content (AvgIpc) is 2.40. The quantitative estimate of drug-likeness (QED) is 0.663. The summed E-state index contributed by atoms with van der Waals surface area (Å²) < 4.78 is 0. The number of benzene rings is 1. The number of nitrogens with two attached hydrogens (primary N) is 1. The molecule has 0 aliphatic heterocycles. The van der Waals surface area contributed by atoms with Gasteiger partial charge >= 0.3 is 0 Å². The Morgan fingerprint density at radius 1 is 1.29 bits per heavy atom. The third-order valence-electron chi connectivity index (χ3n) is 3.08. The van der Waals surface area contributed by atoms with Crippen LogP contribution in [0.25, 0.3) is 5.57 Å². The molecule has 0 radical (unpaired) electrons. The van der Waals surface area contributed by atoms with Crippen LogP contribution in [-0.2, 0) is 5.41 Å². The fourth-order valence-electron chi connectivity index (χ4n) is 2.32. The summed E-state index contributed by atoms with van der Waals surface area (Å²) in [5.74, 6) is 0. The molecule has 1 aromatic carbocycles. The van der Waals surface area contributed by atoms with E-state index in [-0.39, 0.29) is 5.41 Å². The van der Waals surface area contributed by atoms with Crippen LogP contribution < -0.4 is 5.73 Å². The summed E-state index contributed by atoms with van der Waals surface area (Å²) >= 11 is 0. The van der Waals surface area contributed by atoms with Crippen molar-refractivity contribution in [3.05, 3.63) is 41.1 Å². The maximum atomic E-state index is 5.91. The van der Waals surface area contributed by atoms with E-state index in [2.05, 4.69) is 38.1 Å². The molecule has 0 amide bonds. The second-order valence-electron chi connectivity index (χ2n) is 4.77. The molecule has 0 saturated carbocycles. The third-order valence-corrected chi connectivity index (χ3v) is 3.08. The van der Waals surface area contributed by atoms with Crippen molar-refractivity contribution in [2.75, 3.05) is 0 Å². The van der Waals surface area contributed by atoms with Crippen LogP contribution in [0, 0.1) is 0 Å². The van der Waals surface area contributed by atoms with Crippen molar-refractivity contribution >= 4 is 5.57 Å². The standard InChI is InChI=1S/C13H17N/c1-9(14)11-8-13(2,3)12-7-5-4-6-10(11)12/h4-7H,8,14H2,1-3H3/b11-9-. The number of allylic oxidation sites excluding steroid dienone is 2. The minimum Gasteiger partial charge on any atom is -0.402 e. The maximum Gasteiger partial charge on any atom is 0.00878 e. The predicted octanol–water partition coefficient (Wildman–Crippen LogP) is 3.06. The first-order chi connectivity index (χ1) is 6.52. The average molecular weight is 187 g/mol. The molecular formula is C13H17N. The van der Waals surface area contributed by atoms with Crippen LogP contribution in [0.1, 0.15) is 38.3 Å². The van der Waals surface area contributed by atoms with Gasteiger partial charge in [0.1, 0.15) is 0 Å². The predicted molar refractivity (Wildman–Crippen MR) is 60.9 cm³/mol. The monoisotopic (exact) mass is 187 g/mol. The van der Waals surface area contributed by atoms with Gasteiger partial charge in [-0.1, -0.05) is 38.1 Å². The molecular weight excluding hydrogens is 170 g/mol. The van der Waals surface area contributed by atoms with E-state index in [0.29, 0.717) is 0 Å². The zero-order chi connectivity index (χ0) is 10.3. The van der Waals surface area contributed by atoms with Gasteiger partial charge in [-0.3, -0.25) is 0 Å². The van der Waals surface area contributed by atoms with E-state index in [1.807, 2.05) is 6.92 Å². The molecule has 1 heteroatoms. The highest BCUT2D eigenvalue weighted by atomic mass is 14.6. The lowest BCUT2D eigenvalue weighted by atomic mass is 9.86. The normalized spacial score (nSPS) is 21.9. The van der Waals surface area contributed by atoms with Gasteiger partial charge in [0.2, 0.25) is 0 Å². The highest BCUT2D eigenvalue weighted by molar-refractivity contribution is 5.76. The lowest BCUT2D eigenvalue weighted by Crippen LogP contribution is -2.11. The molecule has 2 rings (SSSR count). The van der Waals surface area contributed by atoms with E-state index in [9.17, 15) is 0 Å². The summed E-state index contributed by atoms with van der Waals surface area (Å²) in [7, 11) is 0. The van der Waals surface area contributed by atoms with Crippen LogP contribution in [-0.4, -0.2) is 0 Å². The zero-order valence-corrected chi connectivity index (χ0v) is 9.09. The van der Waals surface area contributed by atoms with Gasteiger partial charge in [0.05, 0.1) is 0 Å². The van der Waals surface area contributed by atoms with Gasteiger partial charge in [-0.25, -0.2) is 0 Å². The number of hydrogen-bond acceptors (Lipinski definition) is 1. The third kappa shape index (κ3) is 1.24. The molecule has 0 spiro atoms. The Balaban J connectivity index is 2.67. The van der Waals surface area contributed by atoms with Crippen molar-refractivity contribution in [3.8, 4) is 0 Å². The summed E-state index contributed by atoms with van der Waals surface area (Å²) in [6.07, 6.45) is 1.06. The van der Waals surface area contributed by atoms with E-state index >= 15 is 0 Å². The maximum absolute atomic E-state index is 5.91. The highest BCUT2D eigenvalue weighted by Gasteiger charge is 2.33. The van der Waals surface area contributed by atoms with Crippen LogP contribution in [0.4, 0.5) is 0 Å². The Kier molecular flexibility index (Phi) is 1.91. The van der Waals surface area contributed by atoms with Gasteiger partial charge in [0.15, 0.2) is 0 Å². The van der Waals surface area contributed by atoms with Crippen molar-refractivity contribution in [2.24, 2.45) is 5.73 Å².